The van der Waals surface area contributed by atoms with Crippen molar-refractivity contribution in [2.24, 2.45) is 0 Å². The number of nitrogens with zero attached hydrogens (tertiary/aromatic N) is 1. The van der Waals surface area contributed by atoms with Gasteiger partial charge in [0.1, 0.15) is 5.01 Å². The molecule has 0 aliphatic heterocycles. The summed E-state index contributed by atoms with van der Waals surface area (Å²) in [6.45, 7) is 3.97. The van der Waals surface area contributed by atoms with Gasteiger partial charge >= 0.3 is 6.18 Å². The number of rotatable bonds is 5. The van der Waals surface area contributed by atoms with Gasteiger partial charge in [-0.25, -0.2) is 4.98 Å². The standard InChI is InChI=1S/C21H19F3N2OS/c1-3-14-6-4-5-13(2)19(14)26-18(27)11-17-12-28-20(25-17)15-7-9-16(10-8-15)21(22,23)24/h4-10,12H,3,11H2,1-2H3,(H,26,27). The minimum absolute atomic E-state index is 0.106. The Morgan fingerprint density at radius 2 is 1.86 bits per heavy atom. The molecule has 3 rings (SSSR count). The average molecular weight is 404 g/mol. The van der Waals surface area contributed by atoms with Crippen LogP contribution in [0.15, 0.2) is 47.8 Å². The molecule has 0 aliphatic rings. The maximum absolute atomic E-state index is 12.7. The van der Waals surface area contributed by atoms with E-state index < -0.39 is 11.7 Å². The Morgan fingerprint density at radius 1 is 1.14 bits per heavy atom. The molecule has 0 aliphatic carbocycles. The van der Waals surface area contributed by atoms with Crippen molar-refractivity contribution in [2.45, 2.75) is 32.9 Å². The topological polar surface area (TPSA) is 42.0 Å². The van der Waals surface area contributed by atoms with E-state index in [1.807, 2.05) is 32.0 Å². The molecule has 3 aromatic rings. The number of alkyl halides is 3. The Labute approximate surface area is 165 Å². The van der Waals surface area contributed by atoms with Gasteiger partial charge < -0.3 is 5.32 Å². The van der Waals surface area contributed by atoms with Crippen molar-refractivity contribution in [3.05, 3.63) is 70.2 Å². The number of nitrogens with one attached hydrogen (secondary N) is 1. The number of carbonyl (C=O) groups excluding carboxylic acids is 1. The van der Waals surface area contributed by atoms with Crippen molar-refractivity contribution in [1.82, 2.24) is 4.98 Å². The predicted molar refractivity (Wildman–Crippen MR) is 105 cm³/mol. The quantitative estimate of drug-likeness (QED) is 0.577. The number of hydrogen-bond acceptors (Lipinski definition) is 3. The van der Waals surface area contributed by atoms with Crippen LogP contribution in [0.1, 0.15) is 29.3 Å². The van der Waals surface area contributed by atoms with Gasteiger partial charge in [0.2, 0.25) is 5.91 Å². The van der Waals surface area contributed by atoms with Crippen LogP contribution in [-0.4, -0.2) is 10.9 Å². The van der Waals surface area contributed by atoms with E-state index in [1.165, 1.54) is 23.5 Å². The highest BCUT2D eigenvalue weighted by molar-refractivity contribution is 7.13. The van der Waals surface area contributed by atoms with Gasteiger partial charge in [-0.05, 0) is 36.6 Å². The number of thiazole rings is 1. The van der Waals surface area contributed by atoms with Gasteiger partial charge in [-0.1, -0.05) is 37.3 Å². The number of hydrogen-bond donors (Lipinski definition) is 1. The van der Waals surface area contributed by atoms with Crippen LogP contribution in [0.5, 0.6) is 0 Å². The summed E-state index contributed by atoms with van der Waals surface area (Å²) in [5.74, 6) is -0.173. The first-order valence-corrected chi connectivity index (χ1v) is 9.66. The molecule has 0 radical (unpaired) electrons. The molecule has 2 aromatic carbocycles. The van der Waals surface area contributed by atoms with E-state index in [9.17, 15) is 18.0 Å². The minimum Gasteiger partial charge on any atom is -0.325 e. The molecule has 7 heteroatoms. The van der Waals surface area contributed by atoms with Gasteiger partial charge in [0.25, 0.3) is 0 Å². The van der Waals surface area contributed by atoms with E-state index in [-0.39, 0.29) is 12.3 Å². The van der Waals surface area contributed by atoms with Crippen molar-refractivity contribution in [2.75, 3.05) is 5.32 Å². The molecule has 0 unspecified atom stereocenters. The average Bonchev–Trinajstić information content (AvgIpc) is 3.11. The third-order valence-corrected chi connectivity index (χ3v) is 5.30. The largest absolute Gasteiger partial charge is 0.416 e. The molecule has 1 N–H and O–H groups in total. The third kappa shape index (κ3) is 4.59. The fraction of sp³-hybridized carbons (Fsp3) is 0.238. The Kier molecular flexibility index (Phi) is 5.84. The minimum atomic E-state index is -4.36. The molecule has 28 heavy (non-hydrogen) atoms. The summed E-state index contributed by atoms with van der Waals surface area (Å²) in [6.07, 6.45) is -3.45. The lowest BCUT2D eigenvalue weighted by Crippen LogP contribution is -2.16. The van der Waals surface area contributed by atoms with Crippen molar-refractivity contribution in [3.63, 3.8) is 0 Å². The number of amides is 1. The predicted octanol–water partition coefficient (Wildman–Crippen LogP) is 5.88. The molecule has 0 saturated carbocycles. The summed E-state index contributed by atoms with van der Waals surface area (Å²) in [7, 11) is 0. The monoisotopic (exact) mass is 404 g/mol. The van der Waals surface area contributed by atoms with Crippen LogP contribution in [0.4, 0.5) is 18.9 Å². The number of benzene rings is 2. The number of para-hydroxylation sites is 1. The number of aromatic nitrogens is 1. The molecule has 0 fully saturated rings. The van der Waals surface area contributed by atoms with Crippen molar-refractivity contribution in [1.29, 1.82) is 0 Å². The molecule has 0 bridgehead atoms. The van der Waals surface area contributed by atoms with E-state index in [0.29, 0.717) is 16.3 Å². The summed E-state index contributed by atoms with van der Waals surface area (Å²) in [4.78, 5) is 16.8. The normalized spacial score (nSPS) is 11.5. The van der Waals surface area contributed by atoms with E-state index >= 15 is 0 Å². The first-order valence-electron chi connectivity index (χ1n) is 8.78. The molecular weight excluding hydrogens is 385 g/mol. The highest BCUT2D eigenvalue weighted by atomic mass is 32.1. The second-order valence-electron chi connectivity index (χ2n) is 6.41. The van der Waals surface area contributed by atoms with Crippen LogP contribution in [0, 0.1) is 6.92 Å². The fourth-order valence-electron chi connectivity index (χ4n) is 2.87. The number of halogens is 3. The van der Waals surface area contributed by atoms with Crippen LogP contribution < -0.4 is 5.32 Å². The first-order chi connectivity index (χ1) is 13.3. The number of carbonyl (C=O) groups is 1. The van der Waals surface area contributed by atoms with E-state index in [2.05, 4.69) is 10.3 Å². The molecular formula is C21H19F3N2OS. The molecule has 0 atom stereocenters. The lowest BCUT2D eigenvalue weighted by Gasteiger charge is -2.12. The van der Waals surface area contributed by atoms with Gasteiger partial charge in [0, 0.05) is 16.6 Å². The van der Waals surface area contributed by atoms with Gasteiger partial charge in [-0.3, -0.25) is 4.79 Å². The Bertz CT molecular complexity index is 978. The molecule has 146 valence electrons. The van der Waals surface area contributed by atoms with Gasteiger partial charge in [0.15, 0.2) is 0 Å². The van der Waals surface area contributed by atoms with Crippen LogP contribution >= 0.6 is 11.3 Å². The smallest absolute Gasteiger partial charge is 0.325 e. The summed E-state index contributed by atoms with van der Waals surface area (Å²) in [5, 5.41) is 5.29. The summed E-state index contributed by atoms with van der Waals surface area (Å²) < 4.78 is 38.0. The molecule has 3 nitrogen and oxygen atoms in total. The van der Waals surface area contributed by atoms with Gasteiger partial charge in [0.05, 0.1) is 17.7 Å². The molecule has 0 saturated heterocycles. The molecule has 0 spiro atoms. The van der Waals surface area contributed by atoms with Crippen LogP contribution in [-0.2, 0) is 23.8 Å². The maximum Gasteiger partial charge on any atom is 0.416 e. The highest BCUT2D eigenvalue weighted by Gasteiger charge is 2.30. The second kappa shape index (κ2) is 8.14. The number of anilines is 1. The lowest BCUT2D eigenvalue weighted by atomic mass is 10.1. The second-order valence-corrected chi connectivity index (χ2v) is 7.26. The zero-order valence-corrected chi connectivity index (χ0v) is 16.2. The SMILES string of the molecule is CCc1cccc(C)c1NC(=O)Cc1csc(-c2ccc(C(F)(F)F)cc2)n1. The summed E-state index contributed by atoms with van der Waals surface area (Å²) in [5.41, 5.74) is 3.37. The zero-order chi connectivity index (χ0) is 20.3. The molecule has 1 aromatic heterocycles. The molecule has 1 amide bonds. The fourth-order valence-corrected chi connectivity index (χ4v) is 3.70. The van der Waals surface area contributed by atoms with E-state index in [4.69, 9.17) is 0 Å². The lowest BCUT2D eigenvalue weighted by molar-refractivity contribution is -0.137. The van der Waals surface area contributed by atoms with Crippen molar-refractivity contribution >= 4 is 22.9 Å². The summed E-state index contributed by atoms with van der Waals surface area (Å²) >= 11 is 1.30. The Hall–Kier alpha value is -2.67. The Balaban J connectivity index is 1.70. The van der Waals surface area contributed by atoms with Crippen LogP contribution in [0.25, 0.3) is 10.6 Å². The number of aryl methyl sites for hydroxylation is 2. The van der Waals surface area contributed by atoms with E-state index in [0.717, 1.165) is 35.4 Å². The maximum atomic E-state index is 12.7. The Morgan fingerprint density at radius 3 is 2.50 bits per heavy atom. The molecule has 1 heterocycles. The van der Waals surface area contributed by atoms with E-state index in [1.54, 1.807) is 5.38 Å². The van der Waals surface area contributed by atoms with Crippen molar-refractivity contribution in [3.8, 4) is 10.6 Å². The van der Waals surface area contributed by atoms with Crippen LogP contribution in [0.2, 0.25) is 0 Å². The van der Waals surface area contributed by atoms with Gasteiger partial charge in [-0.2, -0.15) is 13.2 Å². The van der Waals surface area contributed by atoms with Gasteiger partial charge in [-0.15, -0.1) is 11.3 Å². The van der Waals surface area contributed by atoms with Crippen molar-refractivity contribution < 1.29 is 18.0 Å². The first kappa shape index (κ1) is 20.1. The zero-order valence-electron chi connectivity index (χ0n) is 15.4. The third-order valence-electron chi connectivity index (χ3n) is 4.36. The summed E-state index contributed by atoms with van der Waals surface area (Å²) in [6, 6.07) is 10.7. The highest BCUT2D eigenvalue weighted by Crippen LogP contribution is 2.32. The van der Waals surface area contributed by atoms with Crippen LogP contribution in [0.3, 0.4) is 0 Å².